The van der Waals surface area contributed by atoms with Crippen LogP contribution < -0.4 is 10.6 Å². The number of carbonyl (C=O) groups excluding carboxylic acids is 1. The van der Waals surface area contributed by atoms with Crippen molar-refractivity contribution in [1.29, 1.82) is 0 Å². The Bertz CT molecular complexity index is 1370. The fourth-order valence-electron chi connectivity index (χ4n) is 4.47. The van der Waals surface area contributed by atoms with Gasteiger partial charge in [-0.3, -0.25) is 9.78 Å². The molecule has 0 aliphatic carbocycles. The summed E-state index contributed by atoms with van der Waals surface area (Å²) in [6.45, 7) is 2.42. The first-order valence-corrected chi connectivity index (χ1v) is 12.4. The van der Waals surface area contributed by atoms with Gasteiger partial charge < -0.3 is 20.1 Å². The molecule has 1 saturated heterocycles. The van der Waals surface area contributed by atoms with Crippen molar-refractivity contribution in [3.05, 3.63) is 107 Å². The van der Waals surface area contributed by atoms with Crippen molar-refractivity contribution < 1.29 is 4.79 Å². The van der Waals surface area contributed by atoms with Crippen LogP contribution in [0.25, 0.3) is 5.82 Å². The van der Waals surface area contributed by atoms with Crippen LogP contribution in [0.5, 0.6) is 0 Å². The Morgan fingerprint density at radius 1 is 1.08 bits per heavy atom. The summed E-state index contributed by atoms with van der Waals surface area (Å²) in [7, 11) is 0. The molecule has 7 nitrogen and oxygen atoms in total. The molecule has 3 aromatic heterocycles. The minimum Gasteiger partial charge on any atom is -0.352 e. The fourth-order valence-corrected chi connectivity index (χ4v) is 4.91. The Morgan fingerprint density at radius 2 is 1.92 bits per heavy atom. The third kappa shape index (κ3) is 4.96. The summed E-state index contributed by atoms with van der Waals surface area (Å²) in [6, 6.07) is 20.9. The van der Waals surface area contributed by atoms with Crippen LogP contribution in [0.4, 0.5) is 5.69 Å². The number of thiocarbonyl (C=S) groups is 1. The van der Waals surface area contributed by atoms with Gasteiger partial charge in [-0.05, 0) is 67.2 Å². The van der Waals surface area contributed by atoms with Gasteiger partial charge in [0.2, 0.25) is 5.91 Å². The second-order valence-electron chi connectivity index (χ2n) is 8.57. The number of pyridine rings is 2. The van der Waals surface area contributed by atoms with Crippen LogP contribution >= 0.6 is 23.8 Å². The van der Waals surface area contributed by atoms with Crippen molar-refractivity contribution in [2.45, 2.75) is 25.4 Å². The molecule has 1 aliphatic rings. The molecule has 2 atom stereocenters. The van der Waals surface area contributed by atoms with Gasteiger partial charge in [-0.2, -0.15) is 0 Å². The number of carbonyl (C=O) groups is 1. The molecule has 4 aromatic rings. The van der Waals surface area contributed by atoms with Crippen molar-refractivity contribution in [2.24, 2.45) is 0 Å². The number of aromatic nitrogens is 3. The first-order chi connectivity index (χ1) is 17.5. The third-order valence-electron chi connectivity index (χ3n) is 6.24. The van der Waals surface area contributed by atoms with Crippen molar-refractivity contribution >= 4 is 40.5 Å². The van der Waals surface area contributed by atoms with E-state index in [2.05, 4.69) is 25.5 Å². The van der Waals surface area contributed by atoms with E-state index in [1.165, 1.54) is 0 Å². The molecular weight excluding hydrogens is 492 g/mol. The highest BCUT2D eigenvalue weighted by Crippen LogP contribution is 2.39. The number of hydrogen-bond acceptors (Lipinski definition) is 4. The molecule has 36 heavy (non-hydrogen) atoms. The van der Waals surface area contributed by atoms with Crippen LogP contribution in [0.3, 0.4) is 0 Å². The Hall–Kier alpha value is -3.75. The lowest BCUT2D eigenvalue weighted by Crippen LogP contribution is -2.33. The average molecular weight is 517 g/mol. The molecular formula is C27H25ClN6OS. The van der Waals surface area contributed by atoms with E-state index < -0.39 is 0 Å². The first kappa shape index (κ1) is 24.0. The molecule has 1 amide bonds. The van der Waals surface area contributed by atoms with Gasteiger partial charge in [-0.15, -0.1) is 0 Å². The molecule has 0 unspecified atom stereocenters. The largest absolute Gasteiger partial charge is 0.352 e. The van der Waals surface area contributed by atoms with E-state index in [0.717, 1.165) is 28.5 Å². The van der Waals surface area contributed by atoms with E-state index in [1.54, 1.807) is 12.4 Å². The summed E-state index contributed by atoms with van der Waals surface area (Å²) < 4.78 is 2.02. The molecule has 4 heterocycles. The van der Waals surface area contributed by atoms with Crippen LogP contribution in [0.15, 0.2) is 85.3 Å². The summed E-state index contributed by atoms with van der Waals surface area (Å²) in [5.74, 6) is 0.677. The van der Waals surface area contributed by atoms with Gasteiger partial charge in [0, 0.05) is 42.9 Å². The van der Waals surface area contributed by atoms with E-state index in [9.17, 15) is 4.79 Å². The zero-order chi connectivity index (χ0) is 25.1. The molecule has 0 radical (unpaired) electrons. The number of aryl methyl sites for hydroxylation is 1. The zero-order valence-corrected chi connectivity index (χ0v) is 21.2. The Morgan fingerprint density at radius 3 is 2.67 bits per heavy atom. The number of amides is 1. The van der Waals surface area contributed by atoms with Gasteiger partial charge in [0.15, 0.2) is 5.11 Å². The van der Waals surface area contributed by atoms with E-state index in [4.69, 9.17) is 23.8 Å². The van der Waals surface area contributed by atoms with Crippen LogP contribution in [0.2, 0.25) is 5.02 Å². The monoisotopic (exact) mass is 516 g/mol. The smallest absolute Gasteiger partial charge is 0.226 e. The number of para-hydroxylation sites is 1. The maximum Gasteiger partial charge on any atom is 0.226 e. The molecule has 182 valence electrons. The number of nitrogens with one attached hydrogen (secondary N) is 2. The van der Waals surface area contributed by atoms with E-state index in [1.807, 2.05) is 84.4 Å². The van der Waals surface area contributed by atoms with Gasteiger partial charge in [-0.1, -0.05) is 35.9 Å². The topological polar surface area (TPSA) is 75.1 Å². The Labute approximate surface area is 220 Å². The van der Waals surface area contributed by atoms with Gasteiger partial charge in [0.05, 0.1) is 22.8 Å². The van der Waals surface area contributed by atoms with Crippen molar-refractivity contribution in [2.75, 3.05) is 11.9 Å². The summed E-state index contributed by atoms with van der Waals surface area (Å²) in [5.41, 5.74) is 3.68. The van der Waals surface area contributed by atoms with E-state index >= 15 is 0 Å². The molecule has 0 bridgehead atoms. The maximum absolute atomic E-state index is 12.9. The Kier molecular flexibility index (Phi) is 6.97. The highest BCUT2D eigenvalue weighted by Gasteiger charge is 2.41. The highest BCUT2D eigenvalue weighted by atomic mass is 35.5. The molecule has 2 N–H and O–H groups in total. The maximum atomic E-state index is 12.9. The summed E-state index contributed by atoms with van der Waals surface area (Å²) in [6.07, 6.45) is 5.64. The summed E-state index contributed by atoms with van der Waals surface area (Å²) in [4.78, 5) is 24.0. The standard InChI is InChI=1S/C27H25ClN6OS/c1-18-7-2-3-8-20(18)31-24(35)13-16-34-26(25(32-27(34)36)21-9-4-5-14-29-21)22-10-6-15-33(22)23-12-11-19(28)17-30-23/h2-12,14-15,17,25-26H,13,16H2,1H3,(H,31,35)(H,32,36)/t25-,26-/m0/s1. The number of anilines is 1. The first-order valence-electron chi connectivity index (χ1n) is 11.6. The van der Waals surface area contributed by atoms with E-state index in [-0.39, 0.29) is 24.4 Å². The predicted molar refractivity (Wildman–Crippen MR) is 145 cm³/mol. The molecule has 9 heteroatoms. The second-order valence-corrected chi connectivity index (χ2v) is 9.39. The number of hydrogen-bond donors (Lipinski definition) is 2. The zero-order valence-electron chi connectivity index (χ0n) is 19.6. The molecule has 1 aliphatic heterocycles. The van der Waals surface area contributed by atoms with Crippen molar-refractivity contribution in [3.63, 3.8) is 0 Å². The van der Waals surface area contributed by atoms with Crippen molar-refractivity contribution in [3.8, 4) is 5.82 Å². The number of rotatable bonds is 7. The van der Waals surface area contributed by atoms with Crippen molar-refractivity contribution in [1.82, 2.24) is 24.8 Å². The predicted octanol–water partition coefficient (Wildman–Crippen LogP) is 5.23. The molecule has 1 fully saturated rings. The molecule has 5 rings (SSSR count). The lowest BCUT2D eigenvalue weighted by atomic mass is 10.0. The van der Waals surface area contributed by atoms with Crippen LogP contribution in [-0.2, 0) is 4.79 Å². The second kappa shape index (κ2) is 10.5. The fraction of sp³-hybridized carbons (Fsp3) is 0.185. The van der Waals surface area contributed by atoms with Gasteiger partial charge in [0.25, 0.3) is 0 Å². The lowest BCUT2D eigenvalue weighted by molar-refractivity contribution is -0.116. The van der Waals surface area contributed by atoms with Gasteiger partial charge in [-0.25, -0.2) is 4.98 Å². The summed E-state index contributed by atoms with van der Waals surface area (Å²) >= 11 is 11.8. The van der Waals surface area contributed by atoms with Crippen LogP contribution in [-0.4, -0.2) is 37.0 Å². The minimum atomic E-state index is -0.203. The third-order valence-corrected chi connectivity index (χ3v) is 6.81. The number of benzene rings is 1. The normalized spacial score (nSPS) is 17.2. The quantitative estimate of drug-likeness (QED) is 0.328. The SMILES string of the molecule is Cc1ccccc1NC(=O)CCN1C(=S)N[C@@H](c2ccccn2)[C@@H]1c1cccn1-c1ccc(Cl)cn1. The summed E-state index contributed by atoms with van der Waals surface area (Å²) in [5, 5.41) is 7.60. The van der Waals surface area contributed by atoms with Crippen LogP contribution in [0.1, 0.15) is 35.5 Å². The minimum absolute atomic E-state index is 0.0677. The van der Waals surface area contributed by atoms with Gasteiger partial charge >= 0.3 is 0 Å². The van der Waals surface area contributed by atoms with Gasteiger partial charge in [0.1, 0.15) is 5.82 Å². The number of halogens is 1. The number of nitrogens with zero attached hydrogens (tertiary/aromatic N) is 4. The molecule has 0 saturated carbocycles. The van der Waals surface area contributed by atoms with Crippen LogP contribution in [0, 0.1) is 6.92 Å². The highest BCUT2D eigenvalue weighted by molar-refractivity contribution is 7.80. The lowest BCUT2D eigenvalue weighted by Gasteiger charge is -2.28. The molecule has 0 spiro atoms. The Balaban J connectivity index is 1.44. The molecule has 1 aromatic carbocycles. The van der Waals surface area contributed by atoms with E-state index in [0.29, 0.717) is 16.7 Å². The average Bonchev–Trinajstić information content (AvgIpc) is 3.49.